The highest BCUT2D eigenvalue weighted by atomic mass is 32.2. The van der Waals surface area contributed by atoms with Crippen LogP contribution in [0.25, 0.3) is 22.4 Å². The summed E-state index contributed by atoms with van der Waals surface area (Å²) in [5.74, 6) is 1.53. The number of imidazole rings is 1. The zero-order chi connectivity index (χ0) is 26.3. The number of hydrogen-bond acceptors (Lipinski definition) is 9. The molecule has 4 heterocycles. The minimum Gasteiger partial charge on any atom is -0.352 e. The second-order valence-corrected chi connectivity index (χ2v) is 10.6. The fraction of sp³-hybridized carbons (Fsp3) is 0.160. The number of anilines is 4. The lowest BCUT2D eigenvalue weighted by molar-refractivity contribution is 0.602. The Morgan fingerprint density at radius 1 is 0.973 bits per heavy atom. The van der Waals surface area contributed by atoms with Gasteiger partial charge < -0.3 is 15.6 Å². The van der Waals surface area contributed by atoms with Gasteiger partial charge in [0.25, 0.3) is 0 Å². The first-order valence-corrected chi connectivity index (χ1v) is 13.1. The van der Waals surface area contributed by atoms with Gasteiger partial charge in [-0.2, -0.15) is 10.4 Å². The van der Waals surface area contributed by atoms with Gasteiger partial charge in [-0.3, -0.25) is 4.68 Å². The van der Waals surface area contributed by atoms with Crippen molar-refractivity contribution in [3.05, 3.63) is 65.7 Å². The number of sulfone groups is 1. The lowest BCUT2D eigenvalue weighted by atomic mass is 10.1. The molecular weight excluding hydrogens is 490 g/mol. The molecule has 0 aliphatic carbocycles. The number of aromatic amines is 1. The summed E-state index contributed by atoms with van der Waals surface area (Å²) in [7, 11) is -1.76. The fourth-order valence-electron chi connectivity index (χ4n) is 3.90. The first-order chi connectivity index (χ1) is 17.6. The molecule has 0 unspecified atom stereocenters. The van der Waals surface area contributed by atoms with Crippen LogP contribution < -0.4 is 10.6 Å². The molecule has 0 radical (unpaired) electrons. The Morgan fingerprint density at radius 2 is 1.78 bits per heavy atom. The maximum atomic E-state index is 12.8. The van der Waals surface area contributed by atoms with Crippen molar-refractivity contribution in [3.8, 4) is 17.3 Å². The highest BCUT2D eigenvalue weighted by Crippen LogP contribution is 2.33. The van der Waals surface area contributed by atoms with E-state index in [1.54, 1.807) is 41.1 Å². The Kier molecular flexibility index (Phi) is 5.85. The van der Waals surface area contributed by atoms with Crippen molar-refractivity contribution < 1.29 is 8.42 Å². The molecule has 0 bridgehead atoms. The molecule has 0 spiro atoms. The van der Waals surface area contributed by atoms with Crippen LogP contribution in [0.1, 0.15) is 17.2 Å². The molecule has 0 amide bonds. The van der Waals surface area contributed by atoms with Gasteiger partial charge in [0.15, 0.2) is 15.5 Å². The molecular formula is C25H23N9O2S. The SMILES string of the molecule is Cc1nc2c(Nc3ccc(-c4cc(C)n(C)n4)cc3S(C)(=O)=O)cc(Nc3cccc(C#N)n3)nc2[nH]1. The molecule has 5 rings (SSSR count). The molecule has 12 heteroatoms. The third-order valence-corrected chi connectivity index (χ3v) is 6.89. The van der Waals surface area contributed by atoms with E-state index in [0.29, 0.717) is 51.3 Å². The summed E-state index contributed by atoms with van der Waals surface area (Å²) in [4.78, 5) is 16.6. The van der Waals surface area contributed by atoms with Gasteiger partial charge in [0, 0.05) is 30.6 Å². The number of benzene rings is 1. The predicted molar refractivity (Wildman–Crippen MR) is 141 cm³/mol. The van der Waals surface area contributed by atoms with Crippen LogP contribution in [0.4, 0.5) is 23.0 Å². The van der Waals surface area contributed by atoms with Gasteiger partial charge in [0.1, 0.15) is 34.7 Å². The Hall–Kier alpha value is -4.76. The number of hydrogen-bond donors (Lipinski definition) is 3. The van der Waals surface area contributed by atoms with Crippen LogP contribution in [0.15, 0.2) is 53.4 Å². The Labute approximate surface area is 213 Å². The number of nitrogens with zero attached hydrogens (tertiary/aromatic N) is 6. The minimum absolute atomic E-state index is 0.128. The maximum absolute atomic E-state index is 12.8. The molecule has 0 fully saturated rings. The zero-order valence-electron chi connectivity index (χ0n) is 20.5. The van der Waals surface area contributed by atoms with E-state index < -0.39 is 9.84 Å². The van der Waals surface area contributed by atoms with Crippen LogP contribution in [0.3, 0.4) is 0 Å². The summed E-state index contributed by atoms with van der Waals surface area (Å²) in [5.41, 5.74) is 4.58. The monoisotopic (exact) mass is 513 g/mol. The van der Waals surface area contributed by atoms with Crippen molar-refractivity contribution in [3.63, 3.8) is 0 Å². The first kappa shape index (κ1) is 24.0. The number of pyridine rings is 2. The van der Waals surface area contributed by atoms with E-state index in [1.165, 1.54) is 6.26 Å². The molecule has 5 aromatic rings. The van der Waals surface area contributed by atoms with Gasteiger partial charge in [-0.25, -0.2) is 23.4 Å². The summed E-state index contributed by atoms with van der Waals surface area (Å²) < 4.78 is 27.3. The van der Waals surface area contributed by atoms with Crippen molar-refractivity contribution >= 4 is 44.0 Å². The van der Waals surface area contributed by atoms with Crippen molar-refractivity contribution in [2.45, 2.75) is 18.7 Å². The summed E-state index contributed by atoms with van der Waals surface area (Å²) in [5, 5.41) is 20.0. The first-order valence-electron chi connectivity index (χ1n) is 11.2. The third-order valence-electron chi connectivity index (χ3n) is 5.75. The summed E-state index contributed by atoms with van der Waals surface area (Å²) in [6.45, 7) is 3.74. The van der Waals surface area contributed by atoms with E-state index in [0.717, 1.165) is 5.69 Å². The highest BCUT2D eigenvalue weighted by Gasteiger charge is 2.19. The Balaban J connectivity index is 1.58. The number of H-pyrrole nitrogens is 1. The van der Waals surface area contributed by atoms with Crippen LogP contribution in [0, 0.1) is 25.2 Å². The quantitative estimate of drug-likeness (QED) is 0.304. The van der Waals surface area contributed by atoms with Gasteiger partial charge >= 0.3 is 0 Å². The average molecular weight is 514 g/mol. The lowest BCUT2D eigenvalue weighted by Crippen LogP contribution is -2.05. The third kappa shape index (κ3) is 4.85. The van der Waals surface area contributed by atoms with Crippen LogP contribution in [-0.4, -0.2) is 44.4 Å². The van der Waals surface area contributed by atoms with E-state index in [2.05, 4.69) is 35.7 Å². The minimum atomic E-state index is -3.60. The molecule has 0 atom stereocenters. The van der Waals surface area contributed by atoms with E-state index in [4.69, 9.17) is 5.26 Å². The second-order valence-electron chi connectivity index (χ2n) is 8.62. The highest BCUT2D eigenvalue weighted by molar-refractivity contribution is 7.90. The number of aryl methyl sites for hydroxylation is 3. The van der Waals surface area contributed by atoms with Gasteiger partial charge in [0.05, 0.1) is 22.0 Å². The van der Waals surface area contributed by atoms with Gasteiger partial charge in [0.2, 0.25) is 0 Å². The number of nitrogens with one attached hydrogen (secondary N) is 3. The molecule has 11 nitrogen and oxygen atoms in total. The average Bonchev–Trinajstić information content (AvgIpc) is 3.39. The van der Waals surface area contributed by atoms with Crippen molar-refractivity contribution in [1.29, 1.82) is 5.26 Å². The smallest absolute Gasteiger partial charge is 0.177 e. The van der Waals surface area contributed by atoms with Crippen LogP contribution in [0.5, 0.6) is 0 Å². The topological polar surface area (TPSA) is 154 Å². The van der Waals surface area contributed by atoms with Crippen molar-refractivity contribution in [1.82, 2.24) is 29.7 Å². The van der Waals surface area contributed by atoms with E-state index in [-0.39, 0.29) is 10.6 Å². The number of aromatic nitrogens is 6. The Bertz CT molecular complexity index is 1790. The molecule has 0 saturated heterocycles. The summed E-state index contributed by atoms with van der Waals surface area (Å²) >= 11 is 0. The molecule has 0 saturated carbocycles. The van der Waals surface area contributed by atoms with E-state index >= 15 is 0 Å². The zero-order valence-corrected chi connectivity index (χ0v) is 21.3. The van der Waals surface area contributed by atoms with E-state index in [1.807, 2.05) is 39.1 Å². The predicted octanol–water partition coefficient (Wildman–Crippen LogP) is 4.13. The lowest BCUT2D eigenvalue weighted by Gasteiger charge is -2.14. The Morgan fingerprint density at radius 3 is 2.49 bits per heavy atom. The molecule has 4 aromatic heterocycles. The standard InChI is InChI=1S/C25H23N9O2S/c1-14-10-19(33-34(14)3)16-8-9-18(21(11-16)37(4,35)36)30-20-12-23(32-25-24(20)27-15(2)28-25)31-22-7-5-6-17(13-26)29-22/h5-12H,1-4H3,(H3,27,28,29,30,31,32). The molecule has 1 aromatic carbocycles. The van der Waals surface area contributed by atoms with E-state index in [9.17, 15) is 8.42 Å². The number of fused-ring (bicyclic) bond motifs is 1. The normalized spacial score (nSPS) is 11.4. The van der Waals surface area contributed by atoms with Crippen LogP contribution >= 0.6 is 0 Å². The summed E-state index contributed by atoms with van der Waals surface area (Å²) in [6.07, 6.45) is 1.17. The van der Waals surface area contributed by atoms with Gasteiger partial charge in [-0.05, 0) is 44.2 Å². The number of nitriles is 1. The maximum Gasteiger partial charge on any atom is 0.177 e. The van der Waals surface area contributed by atoms with Crippen molar-refractivity contribution in [2.24, 2.45) is 7.05 Å². The van der Waals surface area contributed by atoms with Gasteiger partial charge in [-0.15, -0.1) is 0 Å². The fourth-order valence-corrected chi connectivity index (χ4v) is 4.76. The molecule has 3 N–H and O–H groups in total. The second kappa shape index (κ2) is 9.03. The van der Waals surface area contributed by atoms with Crippen LogP contribution in [0.2, 0.25) is 0 Å². The molecule has 186 valence electrons. The largest absolute Gasteiger partial charge is 0.352 e. The molecule has 0 aliphatic heterocycles. The number of rotatable bonds is 6. The van der Waals surface area contributed by atoms with Crippen LogP contribution in [-0.2, 0) is 16.9 Å². The molecule has 37 heavy (non-hydrogen) atoms. The van der Waals surface area contributed by atoms with Crippen molar-refractivity contribution in [2.75, 3.05) is 16.9 Å². The summed E-state index contributed by atoms with van der Waals surface area (Å²) in [6, 6.07) is 15.8. The molecule has 0 aliphatic rings. The van der Waals surface area contributed by atoms with Gasteiger partial charge in [-0.1, -0.05) is 12.1 Å².